The van der Waals surface area contributed by atoms with Gasteiger partial charge in [-0.05, 0) is 54.9 Å². The molecule has 180 valence electrons. The number of benzene rings is 1. The van der Waals surface area contributed by atoms with E-state index >= 15 is 0 Å². The zero-order valence-electron chi connectivity index (χ0n) is 20.1. The van der Waals surface area contributed by atoms with Gasteiger partial charge in [0.2, 0.25) is 0 Å². The third-order valence-corrected chi connectivity index (χ3v) is 6.02. The van der Waals surface area contributed by atoms with Crippen molar-refractivity contribution in [1.29, 1.82) is 0 Å². The van der Waals surface area contributed by atoms with Crippen molar-refractivity contribution in [3.05, 3.63) is 84.4 Å². The molecule has 0 radical (unpaired) electrons. The summed E-state index contributed by atoms with van der Waals surface area (Å²) in [5.74, 6) is -0.278. The molecule has 2 N–H and O–H groups in total. The number of likely N-dealkylation sites (N-methyl/N-ethyl adjacent to an activating group) is 1. The Labute approximate surface area is 208 Å². The minimum absolute atomic E-state index is 0.0102. The molecule has 8 nitrogen and oxygen atoms in total. The van der Waals surface area contributed by atoms with Crippen molar-refractivity contribution >= 4 is 17.0 Å². The van der Waals surface area contributed by atoms with E-state index in [0.29, 0.717) is 24.6 Å². The number of carbonyl (C=O) groups is 1. The molecule has 0 atom stereocenters. The minimum Gasteiger partial charge on any atom is -0.480 e. The van der Waals surface area contributed by atoms with Gasteiger partial charge in [-0.15, -0.1) is 0 Å². The van der Waals surface area contributed by atoms with Crippen molar-refractivity contribution in [2.75, 3.05) is 13.1 Å². The SMILES string of the molecule is CCN(CC(=O)O)Cc1cccc(-c2cncc(-c3nc(-c4cccc(C)n4)nc4[nH]ccc34)c2)c1. The van der Waals surface area contributed by atoms with Gasteiger partial charge in [-0.2, -0.15) is 0 Å². The summed E-state index contributed by atoms with van der Waals surface area (Å²) in [6.07, 6.45) is 5.49. The zero-order chi connectivity index (χ0) is 25.1. The molecular weight excluding hydrogens is 452 g/mol. The fraction of sp³-hybridized carbons (Fsp3) is 0.179. The number of hydrogen-bond donors (Lipinski definition) is 2. The number of aromatic amines is 1. The summed E-state index contributed by atoms with van der Waals surface area (Å²) in [4.78, 5) is 34.9. The Morgan fingerprint density at radius 3 is 2.61 bits per heavy atom. The predicted octanol–water partition coefficient (Wildman–Crippen LogP) is 4.96. The fourth-order valence-electron chi connectivity index (χ4n) is 4.25. The Balaban J connectivity index is 1.53. The van der Waals surface area contributed by atoms with Gasteiger partial charge in [0.15, 0.2) is 5.82 Å². The standard InChI is InChI=1S/C28H26N6O2/c1-3-34(17-25(35)36)16-19-7-5-8-20(12-19)21-13-22(15-29-14-21)26-23-10-11-30-27(23)33-28(32-26)24-9-4-6-18(2)31-24/h4-15H,3,16-17H2,1-2H3,(H,35,36)(H,30,32,33). The van der Waals surface area contributed by atoms with E-state index in [9.17, 15) is 4.79 Å². The van der Waals surface area contributed by atoms with E-state index in [0.717, 1.165) is 44.7 Å². The van der Waals surface area contributed by atoms with E-state index < -0.39 is 5.97 Å². The van der Waals surface area contributed by atoms with Gasteiger partial charge in [0.25, 0.3) is 0 Å². The fourth-order valence-corrected chi connectivity index (χ4v) is 4.25. The largest absolute Gasteiger partial charge is 0.480 e. The average molecular weight is 479 g/mol. The number of hydrogen-bond acceptors (Lipinski definition) is 6. The Hall–Kier alpha value is -4.43. The van der Waals surface area contributed by atoms with Crippen LogP contribution in [0.2, 0.25) is 0 Å². The summed E-state index contributed by atoms with van der Waals surface area (Å²) < 4.78 is 0. The summed E-state index contributed by atoms with van der Waals surface area (Å²) in [6.45, 7) is 5.14. The van der Waals surface area contributed by atoms with Crippen molar-refractivity contribution in [1.82, 2.24) is 29.8 Å². The lowest BCUT2D eigenvalue weighted by atomic mass is 10.0. The first-order chi connectivity index (χ1) is 17.5. The second kappa shape index (κ2) is 10.1. The van der Waals surface area contributed by atoms with Crippen LogP contribution in [-0.2, 0) is 11.3 Å². The van der Waals surface area contributed by atoms with Crippen molar-refractivity contribution in [3.63, 3.8) is 0 Å². The van der Waals surface area contributed by atoms with E-state index in [1.165, 1.54) is 0 Å². The molecule has 0 aliphatic heterocycles. The van der Waals surface area contributed by atoms with Crippen LogP contribution < -0.4 is 0 Å². The summed E-state index contributed by atoms with van der Waals surface area (Å²) in [5, 5.41) is 10.1. The third-order valence-electron chi connectivity index (χ3n) is 6.02. The lowest BCUT2D eigenvalue weighted by molar-refractivity contribution is -0.138. The maximum absolute atomic E-state index is 11.2. The summed E-state index contributed by atoms with van der Waals surface area (Å²) >= 11 is 0. The quantitative estimate of drug-likeness (QED) is 0.324. The van der Waals surface area contributed by atoms with Gasteiger partial charge in [0, 0.05) is 47.3 Å². The maximum Gasteiger partial charge on any atom is 0.317 e. The first-order valence-electron chi connectivity index (χ1n) is 11.8. The molecule has 0 saturated carbocycles. The highest BCUT2D eigenvalue weighted by molar-refractivity contribution is 5.92. The summed E-state index contributed by atoms with van der Waals surface area (Å²) in [6, 6.07) is 18.0. The molecule has 0 unspecified atom stereocenters. The summed E-state index contributed by atoms with van der Waals surface area (Å²) in [5.41, 5.74) is 7.02. The van der Waals surface area contributed by atoms with Crippen LogP contribution in [0.4, 0.5) is 0 Å². The van der Waals surface area contributed by atoms with Crippen molar-refractivity contribution < 1.29 is 9.90 Å². The van der Waals surface area contributed by atoms with Gasteiger partial charge < -0.3 is 10.1 Å². The number of aryl methyl sites for hydroxylation is 1. The van der Waals surface area contributed by atoms with Crippen LogP contribution in [0.3, 0.4) is 0 Å². The normalized spacial score (nSPS) is 11.3. The van der Waals surface area contributed by atoms with Gasteiger partial charge in [-0.3, -0.25) is 14.7 Å². The van der Waals surface area contributed by atoms with Gasteiger partial charge in [-0.25, -0.2) is 15.0 Å². The molecule has 36 heavy (non-hydrogen) atoms. The Kier molecular flexibility index (Phi) is 6.51. The Bertz CT molecular complexity index is 1540. The first kappa shape index (κ1) is 23.3. The summed E-state index contributed by atoms with van der Waals surface area (Å²) in [7, 11) is 0. The topological polar surface area (TPSA) is 108 Å². The Morgan fingerprint density at radius 2 is 1.81 bits per heavy atom. The van der Waals surface area contributed by atoms with E-state index in [1.807, 2.05) is 73.6 Å². The molecule has 0 bridgehead atoms. The molecule has 0 fully saturated rings. The van der Waals surface area contributed by atoms with E-state index in [-0.39, 0.29) is 6.54 Å². The van der Waals surface area contributed by atoms with Crippen LogP contribution in [0.25, 0.3) is 44.9 Å². The molecular formula is C28H26N6O2. The van der Waals surface area contributed by atoms with Crippen LogP contribution >= 0.6 is 0 Å². The highest BCUT2D eigenvalue weighted by atomic mass is 16.4. The van der Waals surface area contributed by atoms with Crippen molar-refractivity contribution in [3.8, 4) is 33.9 Å². The van der Waals surface area contributed by atoms with Gasteiger partial charge >= 0.3 is 5.97 Å². The Morgan fingerprint density at radius 1 is 0.972 bits per heavy atom. The molecule has 8 heteroatoms. The van der Waals surface area contributed by atoms with E-state index in [2.05, 4.69) is 32.1 Å². The number of H-pyrrole nitrogens is 1. The third kappa shape index (κ3) is 4.99. The number of aliphatic carboxylic acids is 1. The second-order valence-electron chi connectivity index (χ2n) is 8.66. The maximum atomic E-state index is 11.2. The van der Waals surface area contributed by atoms with Crippen LogP contribution in [0, 0.1) is 6.92 Å². The molecule has 0 spiro atoms. The molecule has 0 amide bonds. The lowest BCUT2D eigenvalue weighted by Crippen LogP contribution is -2.29. The molecule has 0 saturated heterocycles. The van der Waals surface area contributed by atoms with Gasteiger partial charge in [-0.1, -0.05) is 31.2 Å². The molecule has 0 aliphatic carbocycles. The van der Waals surface area contributed by atoms with Gasteiger partial charge in [0.05, 0.1) is 12.2 Å². The van der Waals surface area contributed by atoms with E-state index in [4.69, 9.17) is 10.1 Å². The number of nitrogens with zero attached hydrogens (tertiary/aromatic N) is 5. The zero-order valence-corrected chi connectivity index (χ0v) is 20.1. The average Bonchev–Trinajstić information content (AvgIpc) is 3.36. The molecule has 5 aromatic rings. The number of carboxylic acids is 1. The molecule has 0 aliphatic rings. The van der Waals surface area contributed by atoms with Crippen molar-refractivity contribution in [2.24, 2.45) is 0 Å². The highest BCUT2D eigenvalue weighted by Gasteiger charge is 2.15. The smallest absolute Gasteiger partial charge is 0.317 e. The van der Waals surface area contributed by atoms with Crippen LogP contribution in [0.15, 0.2) is 73.2 Å². The number of rotatable bonds is 8. The van der Waals surface area contributed by atoms with Gasteiger partial charge in [0.1, 0.15) is 11.3 Å². The molecule has 4 heterocycles. The molecule has 1 aromatic carbocycles. The van der Waals surface area contributed by atoms with E-state index in [1.54, 1.807) is 6.20 Å². The van der Waals surface area contributed by atoms with Crippen LogP contribution in [0.1, 0.15) is 18.2 Å². The second-order valence-corrected chi connectivity index (χ2v) is 8.66. The van der Waals surface area contributed by atoms with Crippen LogP contribution in [0.5, 0.6) is 0 Å². The number of nitrogens with one attached hydrogen (secondary N) is 1. The lowest BCUT2D eigenvalue weighted by Gasteiger charge is -2.18. The van der Waals surface area contributed by atoms with Crippen LogP contribution in [-0.4, -0.2) is 54.0 Å². The highest BCUT2D eigenvalue weighted by Crippen LogP contribution is 2.31. The molecule has 4 aromatic heterocycles. The monoisotopic (exact) mass is 478 g/mol. The number of pyridine rings is 2. The number of aromatic nitrogens is 5. The molecule has 5 rings (SSSR count). The number of carboxylic acid groups (broad SMARTS) is 1. The number of fused-ring (bicyclic) bond motifs is 1. The predicted molar refractivity (Wildman–Crippen MR) is 139 cm³/mol. The first-order valence-corrected chi connectivity index (χ1v) is 11.8. The minimum atomic E-state index is -0.828. The van der Waals surface area contributed by atoms with Crippen molar-refractivity contribution in [2.45, 2.75) is 20.4 Å².